The zero-order chi connectivity index (χ0) is 13.0. The first-order valence-electron chi connectivity index (χ1n) is 6.27. The van der Waals surface area contributed by atoms with Crippen molar-refractivity contribution < 1.29 is 13.9 Å². The largest absolute Gasteiger partial charge is 0.489 e. The second-order valence-electron chi connectivity index (χ2n) is 4.75. The number of ether oxygens (including phenoxy) is 1. The molecular formula is C14H16BrFO2. The van der Waals surface area contributed by atoms with Crippen LogP contribution in [0.4, 0.5) is 4.39 Å². The first-order valence-corrected chi connectivity index (χ1v) is 7.07. The molecule has 98 valence electrons. The minimum Gasteiger partial charge on any atom is -0.489 e. The Morgan fingerprint density at radius 1 is 1.33 bits per heavy atom. The summed E-state index contributed by atoms with van der Waals surface area (Å²) in [5.41, 5.74) is 0.310. The lowest BCUT2D eigenvalue weighted by molar-refractivity contribution is 0.112. The van der Waals surface area contributed by atoms with Crippen LogP contribution < -0.4 is 4.74 Å². The fraction of sp³-hybridized carbons (Fsp3) is 0.500. The highest BCUT2D eigenvalue weighted by Gasteiger charge is 2.16. The van der Waals surface area contributed by atoms with Crippen LogP contribution in [0.3, 0.4) is 0 Å². The normalized spacial score (nSPS) is 16.6. The van der Waals surface area contributed by atoms with E-state index in [-0.39, 0.29) is 5.75 Å². The van der Waals surface area contributed by atoms with Crippen molar-refractivity contribution in [1.29, 1.82) is 0 Å². The summed E-state index contributed by atoms with van der Waals surface area (Å²) in [6.07, 6.45) is 6.71. The van der Waals surface area contributed by atoms with Gasteiger partial charge in [-0.05, 0) is 46.8 Å². The van der Waals surface area contributed by atoms with Gasteiger partial charge < -0.3 is 4.74 Å². The first-order chi connectivity index (χ1) is 8.70. The number of aldehydes is 1. The van der Waals surface area contributed by atoms with Gasteiger partial charge in [-0.25, -0.2) is 4.39 Å². The molecule has 0 spiro atoms. The Bertz CT molecular complexity index is 405. The van der Waals surface area contributed by atoms with Gasteiger partial charge in [0.15, 0.2) is 11.6 Å². The van der Waals surface area contributed by atoms with Gasteiger partial charge >= 0.3 is 0 Å². The first kappa shape index (κ1) is 13.5. The van der Waals surface area contributed by atoms with Crippen molar-refractivity contribution in [2.75, 3.05) is 6.61 Å². The molecule has 1 aliphatic rings. The molecule has 0 heterocycles. The highest BCUT2D eigenvalue weighted by atomic mass is 79.9. The van der Waals surface area contributed by atoms with E-state index in [0.29, 0.717) is 28.8 Å². The molecule has 0 amide bonds. The summed E-state index contributed by atoms with van der Waals surface area (Å²) in [6.45, 7) is 0.552. The van der Waals surface area contributed by atoms with E-state index in [9.17, 15) is 9.18 Å². The molecule has 0 saturated heterocycles. The Morgan fingerprint density at radius 3 is 2.67 bits per heavy atom. The third-order valence-electron chi connectivity index (χ3n) is 3.34. The monoisotopic (exact) mass is 314 g/mol. The maximum absolute atomic E-state index is 13.7. The molecular weight excluding hydrogens is 299 g/mol. The number of carbonyl (C=O) groups is 1. The number of hydrogen-bond donors (Lipinski definition) is 0. The summed E-state index contributed by atoms with van der Waals surface area (Å²) in [7, 11) is 0. The van der Waals surface area contributed by atoms with Gasteiger partial charge in [-0.2, -0.15) is 0 Å². The Labute approximate surface area is 115 Å². The predicted octanol–water partition coefficient (Wildman–Crippen LogP) is 4.36. The molecule has 1 aliphatic carbocycles. The highest BCUT2D eigenvalue weighted by Crippen LogP contribution is 2.31. The summed E-state index contributed by atoms with van der Waals surface area (Å²) in [6, 6.07) is 2.78. The van der Waals surface area contributed by atoms with Crippen LogP contribution in [0.2, 0.25) is 0 Å². The molecule has 0 radical (unpaired) electrons. The minimum atomic E-state index is -0.484. The van der Waals surface area contributed by atoms with Crippen molar-refractivity contribution in [3.05, 3.63) is 28.0 Å². The minimum absolute atomic E-state index is 0.214. The van der Waals surface area contributed by atoms with Gasteiger partial charge in [0, 0.05) is 5.56 Å². The molecule has 1 aromatic carbocycles. The molecule has 0 aliphatic heterocycles. The molecule has 2 nitrogen and oxygen atoms in total. The van der Waals surface area contributed by atoms with Gasteiger partial charge in [-0.15, -0.1) is 0 Å². The van der Waals surface area contributed by atoms with Gasteiger partial charge in [-0.1, -0.05) is 19.3 Å². The number of carbonyl (C=O) groups excluding carboxylic acids is 1. The van der Waals surface area contributed by atoms with Crippen LogP contribution >= 0.6 is 15.9 Å². The summed E-state index contributed by atoms with van der Waals surface area (Å²) >= 11 is 3.24. The van der Waals surface area contributed by atoms with E-state index in [1.807, 2.05) is 0 Å². The van der Waals surface area contributed by atoms with Gasteiger partial charge in [0.25, 0.3) is 0 Å². The Balaban J connectivity index is 2.02. The Kier molecular flexibility index (Phi) is 4.75. The van der Waals surface area contributed by atoms with E-state index < -0.39 is 5.82 Å². The van der Waals surface area contributed by atoms with Crippen LogP contribution in [-0.4, -0.2) is 12.9 Å². The number of rotatable bonds is 4. The molecule has 1 saturated carbocycles. The average molecular weight is 315 g/mol. The molecule has 0 unspecified atom stereocenters. The molecule has 0 aromatic heterocycles. The van der Waals surface area contributed by atoms with Crippen molar-refractivity contribution in [3.8, 4) is 5.75 Å². The van der Waals surface area contributed by atoms with Crippen LogP contribution in [0.5, 0.6) is 5.75 Å². The lowest BCUT2D eigenvalue weighted by Gasteiger charge is -2.22. The van der Waals surface area contributed by atoms with E-state index >= 15 is 0 Å². The lowest BCUT2D eigenvalue weighted by atomic mass is 9.90. The summed E-state index contributed by atoms with van der Waals surface area (Å²) in [4.78, 5) is 10.6. The van der Waals surface area contributed by atoms with Gasteiger partial charge in [0.2, 0.25) is 0 Å². The summed E-state index contributed by atoms with van der Waals surface area (Å²) in [5, 5.41) is 0. The SMILES string of the molecule is O=Cc1cc(F)c(OCC2CCCCC2)c(Br)c1. The van der Waals surface area contributed by atoms with E-state index in [2.05, 4.69) is 15.9 Å². The van der Waals surface area contributed by atoms with Gasteiger partial charge in [0.05, 0.1) is 11.1 Å². The highest BCUT2D eigenvalue weighted by molar-refractivity contribution is 9.10. The molecule has 0 atom stereocenters. The Hall–Kier alpha value is -0.900. The van der Waals surface area contributed by atoms with Crippen LogP contribution in [0.25, 0.3) is 0 Å². The number of benzene rings is 1. The summed E-state index contributed by atoms with van der Waals surface area (Å²) in [5.74, 6) is 0.254. The van der Waals surface area contributed by atoms with E-state index in [0.717, 1.165) is 12.8 Å². The third-order valence-corrected chi connectivity index (χ3v) is 3.93. The third kappa shape index (κ3) is 3.31. The Morgan fingerprint density at radius 2 is 2.06 bits per heavy atom. The van der Waals surface area contributed by atoms with Gasteiger partial charge in [-0.3, -0.25) is 4.79 Å². The standard InChI is InChI=1S/C14H16BrFO2/c15-12-6-11(8-17)7-13(16)14(12)18-9-10-4-2-1-3-5-10/h6-8,10H,1-5,9H2. The fourth-order valence-corrected chi connectivity index (χ4v) is 2.91. The van der Waals surface area contributed by atoms with Crippen molar-refractivity contribution >= 4 is 22.2 Å². The smallest absolute Gasteiger partial charge is 0.169 e. The number of halogens is 2. The summed E-state index contributed by atoms with van der Waals surface area (Å²) < 4.78 is 19.8. The van der Waals surface area contributed by atoms with Crippen molar-refractivity contribution in [3.63, 3.8) is 0 Å². The van der Waals surface area contributed by atoms with Crippen LogP contribution in [0, 0.1) is 11.7 Å². The molecule has 0 N–H and O–H groups in total. The second kappa shape index (κ2) is 6.32. The zero-order valence-electron chi connectivity index (χ0n) is 10.1. The average Bonchev–Trinajstić information content (AvgIpc) is 2.38. The topological polar surface area (TPSA) is 26.3 Å². The van der Waals surface area contributed by atoms with E-state index in [4.69, 9.17) is 4.74 Å². The maximum atomic E-state index is 13.7. The molecule has 18 heavy (non-hydrogen) atoms. The van der Waals surface area contributed by atoms with Crippen molar-refractivity contribution in [2.24, 2.45) is 5.92 Å². The van der Waals surface area contributed by atoms with Crippen molar-refractivity contribution in [1.82, 2.24) is 0 Å². The zero-order valence-corrected chi connectivity index (χ0v) is 11.7. The molecule has 1 aromatic rings. The van der Waals surface area contributed by atoms with Crippen molar-refractivity contribution in [2.45, 2.75) is 32.1 Å². The fourth-order valence-electron chi connectivity index (χ4n) is 2.34. The predicted molar refractivity (Wildman–Crippen MR) is 71.6 cm³/mol. The quantitative estimate of drug-likeness (QED) is 0.772. The van der Waals surface area contributed by atoms with Gasteiger partial charge in [0.1, 0.15) is 6.29 Å². The van der Waals surface area contributed by atoms with Crippen LogP contribution in [0.1, 0.15) is 42.5 Å². The second-order valence-corrected chi connectivity index (χ2v) is 5.60. The molecule has 0 bridgehead atoms. The van der Waals surface area contributed by atoms with Crippen LogP contribution in [-0.2, 0) is 0 Å². The lowest BCUT2D eigenvalue weighted by Crippen LogP contribution is -2.16. The number of hydrogen-bond acceptors (Lipinski definition) is 2. The maximum Gasteiger partial charge on any atom is 0.169 e. The van der Waals surface area contributed by atoms with E-state index in [1.54, 1.807) is 6.07 Å². The molecule has 4 heteroatoms. The molecule has 2 rings (SSSR count). The molecule has 1 fully saturated rings. The van der Waals surface area contributed by atoms with E-state index in [1.165, 1.54) is 25.3 Å². The van der Waals surface area contributed by atoms with Crippen LogP contribution in [0.15, 0.2) is 16.6 Å².